The Morgan fingerprint density at radius 3 is 2.33 bits per heavy atom. The van der Waals surface area contributed by atoms with Gasteiger partial charge in [0.1, 0.15) is 17.6 Å². The van der Waals surface area contributed by atoms with Crippen LogP contribution in [0.1, 0.15) is 22.3 Å². The number of para-hydroxylation sites is 1. The molecule has 0 unspecified atom stereocenters. The van der Waals surface area contributed by atoms with E-state index in [0.29, 0.717) is 22.2 Å². The minimum atomic E-state index is -4.74. The summed E-state index contributed by atoms with van der Waals surface area (Å²) in [6, 6.07) is 18.6. The summed E-state index contributed by atoms with van der Waals surface area (Å²) in [7, 11) is 0. The third-order valence-corrected chi connectivity index (χ3v) is 6.66. The fourth-order valence-corrected chi connectivity index (χ4v) is 4.72. The lowest BCUT2D eigenvalue weighted by Gasteiger charge is -2.20. The normalized spacial score (nSPS) is 15.4. The molecular formula is C28H25F3N5O2S+. The number of thioether (sulfide) groups is 1. The molecule has 1 amide bonds. The number of alkyl halides is 3. The van der Waals surface area contributed by atoms with Crippen LogP contribution in [-0.2, 0) is 4.79 Å². The van der Waals surface area contributed by atoms with Crippen molar-refractivity contribution in [2.24, 2.45) is 10.2 Å². The molecule has 1 aliphatic rings. The van der Waals surface area contributed by atoms with Crippen molar-refractivity contribution in [3.8, 4) is 5.75 Å². The van der Waals surface area contributed by atoms with Crippen LogP contribution in [0.3, 0.4) is 0 Å². The molecule has 0 aromatic heterocycles. The topological polar surface area (TPSA) is 94.7 Å². The van der Waals surface area contributed by atoms with Crippen molar-refractivity contribution in [3.05, 3.63) is 95.2 Å². The second-order valence-electron chi connectivity index (χ2n) is 8.56. The second-order valence-corrected chi connectivity index (χ2v) is 9.50. The molecule has 0 spiro atoms. The number of halogens is 3. The van der Waals surface area contributed by atoms with Gasteiger partial charge < -0.3 is 10.1 Å². The van der Waals surface area contributed by atoms with Gasteiger partial charge in [0.05, 0.1) is 23.2 Å². The van der Waals surface area contributed by atoms with Gasteiger partial charge >= 0.3 is 6.36 Å². The first kappa shape index (κ1) is 27.8. The summed E-state index contributed by atoms with van der Waals surface area (Å²) < 4.78 is 40.8. The van der Waals surface area contributed by atoms with Crippen LogP contribution in [0, 0.1) is 19.3 Å². The molecule has 0 radical (unpaired) electrons. The third kappa shape index (κ3) is 7.21. The number of amidine groups is 1. The van der Waals surface area contributed by atoms with Gasteiger partial charge in [-0.25, -0.2) is 0 Å². The van der Waals surface area contributed by atoms with Gasteiger partial charge in [-0.2, -0.15) is 5.10 Å². The van der Waals surface area contributed by atoms with E-state index in [0.717, 1.165) is 27.9 Å². The van der Waals surface area contributed by atoms with Gasteiger partial charge in [0.2, 0.25) is 5.91 Å². The smallest absolute Gasteiger partial charge is 0.406 e. The summed E-state index contributed by atoms with van der Waals surface area (Å²) in [5, 5.41) is 18.5. The Labute approximate surface area is 227 Å². The van der Waals surface area contributed by atoms with Gasteiger partial charge in [0.25, 0.3) is 0 Å². The standard InChI is InChI=1S/C28H24F3N5O2S/c1-18-4-3-5-19(2)26(18)36-25(37)17-39-27(36)35-34-15-20-6-8-21(9-7-20)22(14-32)16-33-23-10-12-24(13-11-23)38-28(29,30)31/h3-16,32-33H,17H2,1-2H3/p+1/b22-16+,32-14?,34-15+,35-27-. The van der Waals surface area contributed by atoms with Crippen molar-refractivity contribution in [1.29, 1.82) is 5.41 Å². The lowest BCUT2D eigenvalue weighted by molar-refractivity contribution is -0.495. The number of quaternary nitrogens is 1. The average Bonchev–Trinajstić information content (AvgIpc) is 3.25. The Kier molecular flexibility index (Phi) is 8.62. The molecule has 39 heavy (non-hydrogen) atoms. The van der Waals surface area contributed by atoms with Crippen molar-refractivity contribution in [2.45, 2.75) is 20.2 Å². The van der Waals surface area contributed by atoms with E-state index in [1.165, 1.54) is 42.2 Å². The number of aryl methyl sites for hydroxylation is 2. The molecule has 7 nitrogen and oxygen atoms in total. The first-order valence-corrected chi connectivity index (χ1v) is 12.8. The van der Waals surface area contributed by atoms with Crippen LogP contribution >= 0.6 is 11.8 Å². The highest BCUT2D eigenvalue weighted by molar-refractivity contribution is 8.15. The number of amides is 1. The summed E-state index contributed by atoms with van der Waals surface area (Å²) in [4.78, 5) is 14.2. The van der Waals surface area contributed by atoms with E-state index in [1.54, 1.807) is 22.6 Å². The molecule has 1 heterocycles. The predicted molar refractivity (Wildman–Crippen MR) is 149 cm³/mol. The highest BCUT2D eigenvalue weighted by Crippen LogP contribution is 2.32. The van der Waals surface area contributed by atoms with Gasteiger partial charge in [0, 0.05) is 18.3 Å². The Morgan fingerprint density at radius 2 is 1.72 bits per heavy atom. The molecule has 0 aliphatic carbocycles. The van der Waals surface area contributed by atoms with Crippen LogP contribution in [0.5, 0.6) is 5.75 Å². The Hall–Kier alpha value is -4.22. The fourth-order valence-electron chi connectivity index (χ4n) is 3.92. The van der Waals surface area contributed by atoms with E-state index < -0.39 is 6.36 Å². The quantitative estimate of drug-likeness (QED) is 0.218. The van der Waals surface area contributed by atoms with Crippen LogP contribution in [0.25, 0.3) is 5.57 Å². The Morgan fingerprint density at radius 1 is 1.05 bits per heavy atom. The zero-order chi connectivity index (χ0) is 28.0. The molecule has 1 aliphatic heterocycles. The summed E-state index contributed by atoms with van der Waals surface area (Å²) in [5.74, 6) is -0.0311. The minimum Gasteiger partial charge on any atom is -0.406 e. The minimum absolute atomic E-state index is 0.0379. The molecule has 0 saturated carbocycles. The number of benzene rings is 3. The van der Waals surface area contributed by atoms with E-state index >= 15 is 0 Å². The first-order valence-electron chi connectivity index (χ1n) is 11.8. The van der Waals surface area contributed by atoms with Crippen LogP contribution in [-0.4, -0.2) is 35.6 Å². The van der Waals surface area contributed by atoms with Crippen molar-refractivity contribution >= 4 is 52.2 Å². The van der Waals surface area contributed by atoms with Gasteiger partial charge in [-0.05, 0) is 48.2 Å². The Balaban J connectivity index is 1.43. The van der Waals surface area contributed by atoms with Gasteiger partial charge in [-0.15, -0.1) is 18.3 Å². The molecule has 0 atom stereocenters. The number of carbonyl (C=O) groups is 1. The highest BCUT2D eigenvalue weighted by Gasteiger charge is 2.32. The number of hydrogen-bond donors (Lipinski definition) is 2. The molecule has 4 rings (SSSR count). The molecule has 1 saturated heterocycles. The van der Waals surface area contributed by atoms with E-state index in [4.69, 9.17) is 5.41 Å². The van der Waals surface area contributed by atoms with Gasteiger partial charge in [-0.3, -0.25) is 15.0 Å². The maximum atomic E-state index is 12.6. The second kappa shape index (κ2) is 12.1. The van der Waals surface area contributed by atoms with E-state index in [1.807, 2.05) is 56.3 Å². The third-order valence-electron chi connectivity index (χ3n) is 5.75. The molecule has 3 N–H and O–H groups in total. The monoisotopic (exact) mass is 552 g/mol. The zero-order valence-corrected chi connectivity index (χ0v) is 21.9. The number of allylic oxidation sites excluding steroid dienone is 1. The van der Waals surface area contributed by atoms with Crippen molar-refractivity contribution in [1.82, 2.24) is 0 Å². The Bertz CT molecular complexity index is 1430. The van der Waals surface area contributed by atoms with Crippen LogP contribution in [0.15, 0.2) is 83.1 Å². The number of hydrogen-bond acceptors (Lipinski definition) is 6. The highest BCUT2D eigenvalue weighted by atomic mass is 32.2. The summed E-state index contributed by atoms with van der Waals surface area (Å²) in [5.41, 5.74) is 5.63. The lowest BCUT2D eigenvalue weighted by Crippen LogP contribution is -2.71. The number of nitrogens with two attached hydrogens (primary N) is 1. The van der Waals surface area contributed by atoms with Crippen molar-refractivity contribution in [3.63, 3.8) is 0 Å². The van der Waals surface area contributed by atoms with Crippen LogP contribution in [0.4, 0.5) is 24.5 Å². The maximum Gasteiger partial charge on any atom is 0.573 e. The fraction of sp³-hybridized carbons (Fsp3) is 0.143. The molecule has 200 valence electrons. The molecule has 0 bridgehead atoms. The van der Waals surface area contributed by atoms with Gasteiger partial charge in [-0.1, -0.05) is 54.2 Å². The van der Waals surface area contributed by atoms with E-state index in [9.17, 15) is 18.0 Å². The zero-order valence-electron chi connectivity index (χ0n) is 21.1. The number of ether oxygens (including phenoxy) is 1. The van der Waals surface area contributed by atoms with Crippen LogP contribution < -0.4 is 15.0 Å². The van der Waals surface area contributed by atoms with Crippen LogP contribution in [0.2, 0.25) is 0 Å². The molecule has 3 aromatic carbocycles. The largest absolute Gasteiger partial charge is 0.573 e. The number of anilines is 1. The molecule has 1 fully saturated rings. The SMILES string of the molecule is Cc1cccc(C)c1N1C(=O)CS/C1=N\N=C\c1ccc(/C(C=N)=C/[NH2+]c2ccc(OC(F)(F)F)cc2)cc1. The number of nitrogens with one attached hydrogen (secondary N) is 1. The predicted octanol–water partition coefficient (Wildman–Crippen LogP) is 5.56. The maximum absolute atomic E-state index is 12.6. The van der Waals surface area contributed by atoms with Gasteiger partial charge in [0.15, 0.2) is 5.17 Å². The average molecular weight is 553 g/mol. The summed E-state index contributed by atoms with van der Waals surface area (Å²) in [6.07, 6.45) is -0.244. The molecule has 11 heteroatoms. The lowest BCUT2D eigenvalue weighted by atomic mass is 10.1. The number of rotatable bonds is 8. The number of nitrogens with zero attached hydrogens (tertiary/aromatic N) is 3. The summed E-state index contributed by atoms with van der Waals surface area (Å²) in [6.45, 7) is 3.91. The van der Waals surface area contributed by atoms with Crippen molar-refractivity contribution < 1.29 is 28.0 Å². The van der Waals surface area contributed by atoms with E-state index in [-0.39, 0.29) is 11.7 Å². The van der Waals surface area contributed by atoms with Crippen molar-refractivity contribution in [2.75, 3.05) is 10.7 Å². The van der Waals surface area contributed by atoms with E-state index in [2.05, 4.69) is 14.9 Å². The summed E-state index contributed by atoms with van der Waals surface area (Å²) >= 11 is 1.34. The molecular weight excluding hydrogens is 527 g/mol. The number of carbonyl (C=O) groups excluding carboxylic acids is 1. The first-order chi connectivity index (χ1) is 18.6. The molecule has 3 aromatic rings.